The Morgan fingerprint density at radius 3 is 3.13 bits per heavy atom. The molecule has 0 aromatic rings. The molecule has 0 spiro atoms. The van der Waals surface area contributed by atoms with E-state index in [9.17, 15) is 4.79 Å². The summed E-state index contributed by atoms with van der Waals surface area (Å²) in [5.74, 6) is 1.70. The number of thioether (sulfide) groups is 1. The number of carbonyl (C=O) groups is 1. The number of hydrogen-bond acceptors (Lipinski definition) is 4. The summed E-state index contributed by atoms with van der Waals surface area (Å²) in [5, 5.41) is 4.11. The van der Waals surface area contributed by atoms with E-state index in [0.29, 0.717) is 24.7 Å². The van der Waals surface area contributed by atoms with E-state index in [-0.39, 0.29) is 4.75 Å². The van der Waals surface area contributed by atoms with Gasteiger partial charge in [-0.15, -0.1) is 11.8 Å². The highest BCUT2D eigenvalue weighted by Gasteiger charge is 2.52. The van der Waals surface area contributed by atoms with E-state index in [1.54, 1.807) is 11.8 Å². The molecule has 2 atom stereocenters. The maximum Gasteiger partial charge on any atom is 0.154 e. The summed E-state index contributed by atoms with van der Waals surface area (Å²) in [5.41, 5.74) is 1.02. The maximum absolute atomic E-state index is 12.1. The van der Waals surface area contributed by atoms with Gasteiger partial charge in [0.2, 0.25) is 0 Å². The number of carbonyl (C=O) groups excluding carboxylic acids is 1. The molecule has 2 aliphatic rings. The summed E-state index contributed by atoms with van der Waals surface area (Å²) in [4.78, 5) is 17.2. The Hall–Kier alpha value is -0.510. The smallest absolute Gasteiger partial charge is 0.154 e. The van der Waals surface area contributed by atoms with Crippen molar-refractivity contribution >= 4 is 23.3 Å². The van der Waals surface area contributed by atoms with Gasteiger partial charge >= 0.3 is 0 Å². The first-order valence-electron chi connectivity index (χ1n) is 5.62. The largest absolute Gasteiger partial charge is 0.395 e. The maximum atomic E-state index is 12.1. The fourth-order valence-electron chi connectivity index (χ4n) is 2.40. The third-order valence-electron chi connectivity index (χ3n) is 3.14. The predicted octanol–water partition coefficient (Wildman–Crippen LogP) is 2.25. The molecule has 0 N–H and O–H groups in total. The Bertz CT molecular complexity index is 299. The second-order valence-electron chi connectivity index (χ2n) is 4.13. The lowest BCUT2D eigenvalue weighted by Gasteiger charge is -2.25. The minimum Gasteiger partial charge on any atom is -0.395 e. The zero-order valence-electron chi connectivity index (χ0n) is 9.28. The molecule has 2 rings (SSSR count). The molecule has 0 bridgehead atoms. The van der Waals surface area contributed by atoms with Crippen LogP contribution in [0.25, 0.3) is 0 Å². The molecule has 0 aromatic carbocycles. The van der Waals surface area contributed by atoms with Gasteiger partial charge < -0.3 is 4.84 Å². The van der Waals surface area contributed by atoms with Crippen LogP contribution in [0, 0.1) is 5.92 Å². The van der Waals surface area contributed by atoms with Crippen molar-refractivity contribution in [1.29, 1.82) is 0 Å². The second kappa shape index (κ2) is 4.16. The zero-order chi connectivity index (χ0) is 10.9. The van der Waals surface area contributed by atoms with Crippen molar-refractivity contribution in [2.24, 2.45) is 11.1 Å². The van der Waals surface area contributed by atoms with Crippen molar-refractivity contribution in [3.05, 3.63) is 0 Å². The number of oxime groups is 1. The predicted molar refractivity (Wildman–Crippen MR) is 62.3 cm³/mol. The minimum atomic E-state index is -0.343. The van der Waals surface area contributed by atoms with Crippen molar-refractivity contribution in [2.75, 3.05) is 12.4 Å². The molecule has 2 heterocycles. The van der Waals surface area contributed by atoms with Crippen molar-refractivity contribution < 1.29 is 9.63 Å². The number of nitrogens with zero attached hydrogens (tertiary/aromatic N) is 1. The van der Waals surface area contributed by atoms with Crippen LogP contribution >= 0.6 is 11.8 Å². The van der Waals surface area contributed by atoms with Gasteiger partial charge in [0.05, 0.1) is 5.71 Å². The summed E-state index contributed by atoms with van der Waals surface area (Å²) in [6.45, 7) is 4.73. The lowest BCUT2D eigenvalue weighted by atomic mass is 9.86. The van der Waals surface area contributed by atoms with Gasteiger partial charge in [-0.05, 0) is 6.42 Å². The van der Waals surface area contributed by atoms with E-state index >= 15 is 0 Å². The van der Waals surface area contributed by atoms with Crippen LogP contribution in [0.3, 0.4) is 0 Å². The molecule has 0 saturated carbocycles. The van der Waals surface area contributed by atoms with Gasteiger partial charge in [-0.1, -0.05) is 25.4 Å². The highest BCUT2D eigenvalue weighted by Crippen LogP contribution is 2.45. The molecule has 2 aliphatic heterocycles. The van der Waals surface area contributed by atoms with Crippen molar-refractivity contribution in [2.45, 2.75) is 37.9 Å². The normalized spacial score (nSPS) is 33.5. The Kier molecular flexibility index (Phi) is 3.05. The van der Waals surface area contributed by atoms with Gasteiger partial charge in [0.1, 0.15) is 11.4 Å². The molecule has 4 heteroatoms. The third-order valence-corrected chi connectivity index (χ3v) is 4.85. The van der Waals surface area contributed by atoms with Crippen LogP contribution in [-0.4, -0.2) is 28.6 Å². The van der Waals surface area contributed by atoms with Gasteiger partial charge in [0.25, 0.3) is 0 Å². The second-order valence-corrected chi connectivity index (χ2v) is 5.45. The number of Topliss-reactive ketones (excluding diaryl/α,β-unsaturated/α-hetero) is 1. The van der Waals surface area contributed by atoms with Gasteiger partial charge in [-0.25, -0.2) is 0 Å². The first-order valence-corrected chi connectivity index (χ1v) is 6.60. The molecule has 3 nitrogen and oxygen atoms in total. The van der Waals surface area contributed by atoms with Crippen LogP contribution in [0.1, 0.15) is 33.1 Å². The third kappa shape index (κ3) is 1.59. The zero-order valence-corrected chi connectivity index (χ0v) is 10.1. The van der Waals surface area contributed by atoms with Crippen molar-refractivity contribution in [3.63, 3.8) is 0 Å². The number of fused-ring (bicyclic) bond motifs is 1. The number of hydrogen-bond donors (Lipinski definition) is 0. The molecular formula is C11H17NO2S. The Balaban J connectivity index is 2.30. The summed E-state index contributed by atoms with van der Waals surface area (Å²) in [6.07, 6.45) is 2.52. The van der Waals surface area contributed by atoms with E-state index in [1.165, 1.54) is 0 Å². The van der Waals surface area contributed by atoms with Crippen molar-refractivity contribution in [3.8, 4) is 0 Å². The Morgan fingerprint density at radius 1 is 1.67 bits per heavy atom. The standard InChI is InChI=1S/C11H17NO2S/c1-3-5-11(9(13)4-2)10-8(7-15-11)6-14-12-10/h8H,3-7H2,1-2H3/t8-,11-/m1/s1. The highest BCUT2D eigenvalue weighted by atomic mass is 32.2. The summed E-state index contributed by atoms with van der Waals surface area (Å²) < 4.78 is -0.343. The van der Waals surface area contributed by atoms with Gasteiger partial charge in [-0.3, -0.25) is 4.79 Å². The van der Waals surface area contributed by atoms with E-state index < -0.39 is 0 Å². The molecule has 15 heavy (non-hydrogen) atoms. The van der Waals surface area contributed by atoms with Crippen LogP contribution in [0.15, 0.2) is 5.16 Å². The Labute approximate surface area is 94.6 Å². The van der Waals surface area contributed by atoms with E-state index in [4.69, 9.17) is 4.84 Å². The fourth-order valence-corrected chi connectivity index (χ4v) is 4.14. The highest BCUT2D eigenvalue weighted by molar-refractivity contribution is 8.02. The molecule has 0 aromatic heterocycles. The number of ketones is 1. The molecular weight excluding hydrogens is 210 g/mol. The van der Waals surface area contributed by atoms with Crippen LogP contribution in [0.4, 0.5) is 0 Å². The molecule has 0 unspecified atom stereocenters. The molecule has 0 aliphatic carbocycles. The van der Waals surface area contributed by atoms with Crippen LogP contribution < -0.4 is 0 Å². The van der Waals surface area contributed by atoms with E-state index in [2.05, 4.69) is 12.1 Å². The molecule has 84 valence electrons. The quantitative estimate of drug-likeness (QED) is 0.739. The molecule has 0 amide bonds. The topological polar surface area (TPSA) is 38.7 Å². The first kappa shape index (κ1) is 11.0. The summed E-state index contributed by atoms with van der Waals surface area (Å²) >= 11 is 1.78. The lowest BCUT2D eigenvalue weighted by molar-refractivity contribution is -0.119. The minimum absolute atomic E-state index is 0.320. The van der Waals surface area contributed by atoms with E-state index in [0.717, 1.165) is 24.3 Å². The van der Waals surface area contributed by atoms with Gasteiger partial charge in [-0.2, -0.15) is 0 Å². The Morgan fingerprint density at radius 2 is 2.47 bits per heavy atom. The van der Waals surface area contributed by atoms with Crippen LogP contribution in [0.5, 0.6) is 0 Å². The van der Waals surface area contributed by atoms with Gasteiger partial charge in [0, 0.05) is 18.1 Å². The lowest BCUT2D eigenvalue weighted by Crippen LogP contribution is -2.41. The van der Waals surface area contributed by atoms with E-state index in [1.807, 2.05) is 6.92 Å². The fraction of sp³-hybridized carbons (Fsp3) is 0.818. The van der Waals surface area contributed by atoms with Crippen LogP contribution in [0.2, 0.25) is 0 Å². The average molecular weight is 227 g/mol. The summed E-state index contributed by atoms with van der Waals surface area (Å²) in [7, 11) is 0. The number of rotatable bonds is 4. The SMILES string of the molecule is CCC[C@]1(C(=O)CC)SC[C@H]2CON=C21. The van der Waals surface area contributed by atoms with Crippen molar-refractivity contribution in [1.82, 2.24) is 0 Å². The monoisotopic (exact) mass is 227 g/mol. The average Bonchev–Trinajstić information content (AvgIpc) is 2.81. The molecule has 0 radical (unpaired) electrons. The summed E-state index contributed by atoms with van der Waals surface area (Å²) in [6, 6.07) is 0. The molecule has 1 fully saturated rings. The van der Waals surface area contributed by atoms with Crippen LogP contribution in [-0.2, 0) is 9.63 Å². The first-order chi connectivity index (χ1) is 7.24. The molecule has 1 saturated heterocycles. The van der Waals surface area contributed by atoms with Gasteiger partial charge in [0.15, 0.2) is 5.78 Å².